The molecule has 0 radical (unpaired) electrons. The summed E-state index contributed by atoms with van der Waals surface area (Å²) in [5.41, 5.74) is 4.00. The molecule has 0 bridgehead atoms. The number of aromatic nitrogens is 1. The van der Waals surface area contributed by atoms with Crippen molar-refractivity contribution in [2.75, 3.05) is 38.2 Å². The van der Waals surface area contributed by atoms with Crippen LogP contribution in [0.25, 0.3) is 0 Å². The first kappa shape index (κ1) is 19.2. The molecule has 1 amide bonds. The summed E-state index contributed by atoms with van der Waals surface area (Å²) in [6.45, 7) is 7.76. The Balaban J connectivity index is 1.43. The van der Waals surface area contributed by atoms with Crippen LogP contribution in [0.3, 0.4) is 0 Å². The van der Waals surface area contributed by atoms with Gasteiger partial charge in [0.2, 0.25) is 0 Å². The lowest BCUT2D eigenvalue weighted by Crippen LogP contribution is -2.48. The van der Waals surface area contributed by atoms with Crippen molar-refractivity contribution in [3.63, 3.8) is 0 Å². The Hall–Kier alpha value is -3.15. The van der Waals surface area contributed by atoms with E-state index < -0.39 is 0 Å². The molecule has 0 N–H and O–H groups in total. The molecule has 1 aliphatic heterocycles. The molecule has 1 aliphatic rings. The van der Waals surface area contributed by atoms with E-state index in [0.717, 1.165) is 47.2 Å². The van der Waals surface area contributed by atoms with Gasteiger partial charge in [-0.25, -0.2) is 0 Å². The Kier molecular flexibility index (Phi) is 5.34. The van der Waals surface area contributed by atoms with Crippen LogP contribution in [0.4, 0.5) is 5.69 Å². The third-order valence-electron chi connectivity index (χ3n) is 5.70. The molecular weight excluding hydrogens is 366 g/mol. The number of methoxy groups -OCH3 is 1. The quantitative estimate of drug-likeness (QED) is 0.663. The van der Waals surface area contributed by atoms with Gasteiger partial charge in [0.1, 0.15) is 11.5 Å². The van der Waals surface area contributed by atoms with Crippen molar-refractivity contribution < 1.29 is 13.9 Å². The molecule has 0 saturated carbocycles. The molecule has 4 rings (SSSR count). The number of hydrogen-bond donors (Lipinski definition) is 0. The van der Waals surface area contributed by atoms with Gasteiger partial charge in [-0.1, -0.05) is 0 Å². The van der Waals surface area contributed by atoms with Crippen molar-refractivity contribution in [3.8, 4) is 5.75 Å². The van der Waals surface area contributed by atoms with Crippen LogP contribution in [-0.2, 0) is 6.54 Å². The van der Waals surface area contributed by atoms with E-state index in [9.17, 15) is 4.79 Å². The molecule has 0 atom stereocenters. The summed E-state index contributed by atoms with van der Waals surface area (Å²) in [6.07, 6.45) is 1.68. The van der Waals surface area contributed by atoms with E-state index in [1.54, 1.807) is 13.4 Å². The molecular formula is C23H27N3O3. The van der Waals surface area contributed by atoms with Gasteiger partial charge in [0, 0.05) is 43.3 Å². The number of ether oxygens (including phenoxy) is 1. The maximum Gasteiger partial charge on any atom is 0.255 e. The molecule has 3 aromatic rings. The summed E-state index contributed by atoms with van der Waals surface area (Å²) in [6, 6.07) is 13.9. The SMILES string of the molecule is COc1ccc(N2CCN(C(=O)c3cc(C)n(Cc4ccco4)c3C)CC2)cc1. The zero-order chi connectivity index (χ0) is 20.4. The van der Waals surface area contributed by atoms with Crippen LogP contribution in [0.15, 0.2) is 53.1 Å². The standard InChI is InChI=1S/C23H27N3O3/c1-17-15-22(18(2)26(17)16-21-5-4-14-29-21)23(27)25-12-10-24(11-13-25)19-6-8-20(28-3)9-7-19/h4-9,14-15H,10-13,16H2,1-3H3. The molecule has 1 saturated heterocycles. The predicted octanol–water partition coefficient (Wildman–Crippen LogP) is 3.72. The number of carbonyl (C=O) groups is 1. The zero-order valence-corrected chi connectivity index (χ0v) is 17.2. The minimum Gasteiger partial charge on any atom is -0.497 e. The molecule has 3 heterocycles. The highest BCUT2D eigenvalue weighted by molar-refractivity contribution is 5.96. The second-order valence-electron chi connectivity index (χ2n) is 7.43. The smallest absolute Gasteiger partial charge is 0.255 e. The molecule has 0 spiro atoms. The largest absolute Gasteiger partial charge is 0.497 e. The summed E-state index contributed by atoms with van der Waals surface area (Å²) in [4.78, 5) is 17.4. The monoisotopic (exact) mass is 393 g/mol. The Morgan fingerprint density at radius 3 is 2.41 bits per heavy atom. The van der Waals surface area contributed by atoms with E-state index in [2.05, 4.69) is 21.6 Å². The normalized spacial score (nSPS) is 14.3. The Labute approximate surface area is 171 Å². The van der Waals surface area contributed by atoms with E-state index in [0.29, 0.717) is 19.6 Å². The molecule has 2 aromatic heterocycles. The Morgan fingerprint density at radius 2 is 1.79 bits per heavy atom. The maximum atomic E-state index is 13.2. The van der Waals surface area contributed by atoms with E-state index in [-0.39, 0.29) is 5.91 Å². The first-order valence-corrected chi connectivity index (χ1v) is 9.94. The highest BCUT2D eigenvalue weighted by Gasteiger charge is 2.25. The fourth-order valence-corrected chi connectivity index (χ4v) is 3.95. The summed E-state index contributed by atoms with van der Waals surface area (Å²) in [5, 5.41) is 0. The summed E-state index contributed by atoms with van der Waals surface area (Å²) < 4.78 is 12.8. The molecule has 6 heteroatoms. The summed E-state index contributed by atoms with van der Waals surface area (Å²) >= 11 is 0. The minimum atomic E-state index is 0.109. The van der Waals surface area contributed by atoms with Crippen molar-refractivity contribution in [1.82, 2.24) is 9.47 Å². The molecule has 1 aromatic carbocycles. The fraction of sp³-hybridized carbons (Fsp3) is 0.348. The zero-order valence-electron chi connectivity index (χ0n) is 17.2. The summed E-state index contributed by atoms with van der Waals surface area (Å²) in [5.74, 6) is 1.85. The number of furan rings is 1. The average Bonchev–Trinajstić information content (AvgIpc) is 3.37. The second kappa shape index (κ2) is 8.07. The average molecular weight is 393 g/mol. The van der Waals surface area contributed by atoms with Gasteiger partial charge in [0.15, 0.2) is 0 Å². The molecule has 152 valence electrons. The fourth-order valence-electron chi connectivity index (χ4n) is 3.95. The van der Waals surface area contributed by atoms with E-state index in [1.165, 1.54) is 0 Å². The van der Waals surface area contributed by atoms with E-state index >= 15 is 0 Å². The van der Waals surface area contributed by atoms with E-state index in [1.807, 2.05) is 49.1 Å². The summed E-state index contributed by atoms with van der Waals surface area (Å²) in [7, 11) is 1.67. The van der Waals surface area contributed by atoms with Gasteiger partial charge in [-0.05, 0) is 56.3 Å². The van der Waals surface area contributed by atoms with Crippen LogP contribution in [0.2, 0.25) is 0 Å². The number of carbonyl (C=O) groups excluding carboxylic acids is 1. The molecule has 0 unspecified atom stereocenters. The minimum absolute atomic E-state index is 0.109. The first-order chi connectivity index (χ1) is 14.1. The highest BCUT2D eigenvalue weighted by Crippen LogP contribution is 2.23. The topological polar surface area (TPSA) is 50.9 Å². The van der Waals surface area contributed by atoms with E-state index in [4.69, 9.17) is 9.15 Å². The van der Waals surface area contributed by atoms with Crippen LogP contribution < -0.4 is 9.64 Å². The maximum absolute atomic E-state index is 13.2. The van der Waals surface area contributed by atoms with Crippen LogP contribution in [0.1, 0.15) is 27.5 Å². The number of benzene rings is 1. The van der Waals surface area contributed by atoms with Gasteiger partial charge in [0.25, 0.3) is 5.91 Å². The Bertz CT molecular complexity index is 966. The van der Waals surface area contributed by atoms with Gasteiger partial charge in [-0.15, -0.1) is 0 Å². The van der Waals surface area contributed by atoms with Crippen molar-refractivity contribution in [1.29, 1.82) is 0 Å². The number of hydrogen-bond acceptors (Lipinski definition) is 4. The second-order valence-corrected chi connectivity index (χ2v) is 7.43. The lowest BCUT2D eigenvalue weighted by Gasteiger charge is -2.36. The number of piperazine rings is 1. The Morgan fingerprint density at radius 1 is 1.07 bits per heavy atom. The number of anilines is 1. The molecule has 0 aliphatic carbocycles. The lowest BCUT2D eigenvalue weighted by molar-refractivity contribution is 0.0746. The third kappa shape index (κ3) is 3.88. The van der Waals surface area contributed by atoms with Crippen LogP contribution >= 0.6 is 0 Å². The molecule has 1 fully saturated rings. The van der Waals surface area contributed by atoms with Gasteiger partial charge < -0.3 is 23.5 Å². The predicted molar refractivity (Wildman–Crippen MR) is 113 cm³/mol. The lowest BCUT2D eigenvalue weighted by atomic mass is 10.2. The number of amides is 1. The first-order valence-electron chi connectivity index (χ1n) is 9.94. The van der Waals surface area contributed by atoms with Gasteiger partial charge >= 0.3 is 0 Å². The van der Waals surface area contributed by atoms with Crippen LogP contribution in [0.5, 0.6) is 5.75 Å². The number of nitrogens with zero attached hydrogens (tertiary/aromatic N) is 3. The van der Waals surface area contributed by atoms with Crippen molar-refractivity contribution in [2.45, 2.75) is 20.4 Å². The van der Waals surface area contributed by atoms with Gasteiger partial charge in [0.05, 0.1) is 25.5 Å². The third-order valence-corrected chi connectivity index (χ3v) is 5.70. The van der Waals surface area contributed by atoms with Crippen LogP contribution in [-0.4, -0.2) is 48.7 Å². The van der Waals surface area contributed by atoms with Gasteiger partial charge in [-0.2, -0.15) is 0 Å². The van der Waals surface area contributed by atoms with Crippen molar-refractivity contribution in [2.24, 2.45) is 0 Å². The number of rotatable bonds is 5. The van der Waals surface area contributed by atoms with Crippen LogP contribution in [0, 0.1) is 13.8 Å². The highest BCUT2D eigenvalue weighted by atomic mass is 16.5. The van der Waals surface area contributed by atoms with Crippen molar-refractivity contribution in [3.05, 3.63) is 71.4 Å². The van der Waals surface area contributed by atoms with Gasteiger partial charge in [-0.3, -0.25) is 4.79 Å². The molecule has 6 nitrogen and oxygen atoms in total. The molecule has 29 heavy (non-hydrogen) atoms. The van der Waals surface area contributed by atoms with Crippen molar-refractivity contribution >= 4 is 11.6 Å². The number of aryl methyl sites for hydroxylation is 1.